The number of ether oxygens (including phenoxy) is 1. The Balaban J connectivity index is 1.38. The fourth-order valence-electron chi connectivity index (χ4n) is 4.63. The van der Waals surface area contributed by atoms with Crippen LogP contribution in [-0.2, 0) is 22.5 Å². The van der Waals surface area contributed by atoms with Gasteiger partial charge in [-0.25, -0.2) is 4.98 Å². The molecule has 0 bridgehead atoms. The van der Waals surface area contributed by atoms with Crippen LogP contribution in [0.1, 0.15) is 62.9 Å². The molecule has 0 unspecified atom stereocenters. The lowest BCUT2D eigenvalue weighted by molar-refractivity contribution is -0.145. The molecular formula is C19H29N3O2. The smallest absolute Gasteiger partial charge is 0.228 e. The highest BCUT2D eigenvalue weighted by atomic mass is 16.5. The van der Waals surface area contributed by atoms with E-state index in [1.54, 1.807) is 0 Å². The molecule has 1 amide bonds. The molecule has 0 aromatic carbocycles. The molecule has 3 aliphatic rings. The first-order valence-corrected chi connectivity index (χ1v) is 9.68. The SMILES string of the molecule is C[C@H]1OCCC[C@@H]1C(=O)N1CCC(c2ncc3n2CCCC3)CC1. The number of fused-ring (bicyclic) bond motifs is 1. The minimum absolute atomic E-state index is 0.0643. The highest BCUT2D eigenvalue weighted by Gasteiger charge is 2.34. The van der Waals surface area contributed by atoms with E-state index in [-0.39, 0.29) is 12.0 Å². The second-order valence-corrected chi connectivity index (χ2v) is 7.64. The van der Waals surface area contributed by atoms with E-state index in [2.05, 4.69) is 15.7 Å². The van der Waals surface area contributed by atoms with Gasteiger partial charge in [-0.15, -0.1) is 0 Å². The van der Waals surface area contributed by atoms with E-state index in [4.69, 9.17) is 9.72 Å². The van der Waals surface area contributed by atoms with E-state index in [9.17, 15) is 4.79 Å². The third-order valence-corrected chi connectivity index (χ3v) is 6.13. The summed E-state index contributed by atoms with van der Waals surface area (Å²) in [4.78, 5) is 19.6. The van der Waals surface area contributed by atoms with Gasteiger partial charge in [0, 0.05) is 44.0 Å². The average Bonchev–Trinajstić information content (AvgIpc) is 3.06. The first-order valence-electron chi connectivity index (χ1n) is 9.68. The van der Waals surface area contributed by atoms with E-state index >= 15 is 0 Å². The lowest BCUT2D eigenvalue weighted by Crippen LogP contribution is -2.46. The number of hydrogen-bond acceptors (Lipinski definition) is 3. The molecule has 4 heterocycles. The van der Waals surface area contributed by atoms with Gasteiger partial charge in [0.05, 0.1) is 12.0 Å². The Labute approximate surface area is 144 Å². The van der Waals surface area contributed by atoms with Gasteiger partial charge in [0.25, 0.3) is 0 Å². The molecule has 1 aromatic rings. The topological polar surface area (TPSA) is 47.4 Å². The summed E-state index contributed by atoms with van der Waals surface area (Å²) in [5.74, 6) is 2.16. The van der Waals surface area contributed by atoms with E-state index in [0.717, 1.165) is 51.9 Å². The standard InChI is InChI=1S/C19H29N3O2/c1-14-17(6-4-12-24-14)19(23)21-10-7-15(8-11-21)18-20-13-16-5-2-3-9-22(16)18/h13-15,17H,2-12H2,1H3/t14-,17+/m1/s1. The molecule has 24 heavy (non-hydrogen) atoms. The van der Waals surface area contributed by atoms with E-state index in [0.29, 0.717) is 11.8 Å². The zero-order valence-electron chi connectivity index (χ0n) is 14.7. The number of aromatic nitrogens is 2. The van der Waals surface area contributed by atoms with Crippen LogP contribution in [0.15, 0.2) is 6.20 Å². The summed E-state index contributed by atoms with van der Waals surface area (Å²) in [6.45, 7) is 5.72. The van der Waals surface area contributed by atoms with E-state index in [1.807, 2.05) is 6.92 Å². The van der Waals surface area contributed by atoms with Gasteiger partial charge in [0.1, 0.15) is 5.82 Å². The number of carbonyl (C=O) groups is 1. The number of hydrogen-bond donors (Lipinski definition) is 0. The van der Waals surface area contributed by atoms with E-state index < -0.39 is 0 Å². The predicted molar refractivity (Wildman–Crippen MR) is 91.9 cm³/mol. The third-order valence-electron chi connectivity index (χ3n) is 6.13. The minimum Gasteiger partial charge on any atom is -0.378 e. The summed E-state index contributed by atoms with van der Waals surface area (Å²) in [5.41, 5.74) is 1.41. The van der Waals surface area contributed by atoms with Crippen molar-refractivity contribution in [3.63, 3.8) is 0 Å². The molecule has 4 rings (SSSR count). The average molecular weight is 331 g/mol. The summed E-state index contributed by atoms with van der Waals surface area (Å²) in [6, 6.07) is 0. The van der Waals surface area contributed by atoms with Crippen molar-refractivity contribution in [2.75, 3.05) is 19.7 Å². The van der Waals surface area contributed by atoms with Crippen molar-refractivity contribution in [2.24, 2.45) is 5.92 Å². The third kappa shape index (κ3) is 2.99. The van der Waals surface area contributed by atoms with E-state index in [1.165, 1.54) is 30.8 Å². The van der Waals surface area contributed by atoms with Crippen molar-refractivity contribution >= 4 is 5.91 Å². The monoisotopic (exact) mass is 331 g/mol. The Bertz CT molecular complexity index is 589. The molecule has 5 heteroatoms. The molecule has 0 saturated carbocycles. The second-order valence-electron chi connectivity index (χ2n) is 7.64. The molecular weight excluding hydrogens is 302 g/mol. The predicted octanol–water partition coefficient (Wildman–Crippen LogP) is 2.74. The van der Waals surface area contributed by atoms with Crippen molar-refractivity contribution in [2.45, 2.75) is 70.4 Å². The van der Waals surface area contributed by atoms with Gasteiger partial charge < -0.3 is 14.2 Å². The lowest BCUT2D eigenvalue weighted by Gasteiger charge is -2.37. The van der Waals surface area contributed by atoms with Gasteiger partial charge >= 0.3 is 0 Å². The normalized spacial score (nSPS) is 28.6. The first kappa shape index (κ1) is 16.1. The van der Waals surface area contributed by atoms with Crippen LogP contribution in [0.3, 0.4) is 0 Å². The number of nitrogens with zero attached hydrogens (tertiary/aromatic N) is 3. The maximum Gasteiger partial charge on any atom is 0.228 e. The van der Waals surface area contributed by atoms with Crippen molar-refractivity contribution in [1.82, 2.24) is 14.5 Å². The number of amides is 1. The summed E-state index contributed by atoms with van der Waals surface area (Å²) < 4.78 is 8.13. The number of piperidine rings is 1. The van der Waals surface area contributed by atoms with Crippen molar-refractivity contribution in [3.05, 3.63) is 17.7 Å². The largest absolute Gasteiger partial charge is 0.378 e. The highest BCUT2D eigenvalue weighted by Crippen LogP contribution is 2.31. The Morgan fingerprint density at radius 1 is 1.17 bits per heavy atom. The molecule has 0 spiro atoms. The van der Waals surface area contributed by atoms with Crippen LogP contribution in [0.4, 0.5) is 0 Å². The molecule has 5 nitrogen and oxygen atoms in total. The zero-order valence-corrected chi connectivity index (χ0v) is 14.7. The Hall–Kier alpha value is -1.36. The highest BCUT2D eigenvalue weighted by molar-refractivity contribution is 5.79. The number of imidazole rings is 1. The number of rotatable bonds is 2. The van der Waals surface area contributed by atoms with Gasteiger partial charge in [-0.2, -0.15) is 0 Å². The maximum absolute atomic E-state index is 12.8. The van der Waals surface area contributed by atoms with Crippen LogP contribution in [0.2, 0.25) is 0 Å². The Morgan fingerprint density at radius 2 is 2.00 bits per heavy atom. The fourth-order valence-corrected chi connectivity index (χ4v) is 4.63. The molecule has 2 atom stereocenters. The molecule has 0 N–H and O–H groups in total. The van der Waals surface area contributed by atoms with Gasteiger partial charge in [-0.05, 0) is 51.9 Å². The summed E-state index contributed by atoms with van der Waals surface area (Å²) in [5, 5.41) is 0. The quantitative estimate of drug-likeness (QED) is 0.837. The minimum atomic E-state index is 0.0643. The van der Waals surface area contributed by atoms with Crippen molar-refractivity contribution in [1.29, 1.82) is 0 Å². The molecule has 2 fully saturated rings. The second kappa shape index (κ2) is 6.87. The molecule has 3 aliphatic heterocycles. The first-order chi connectivity index (χ1) is 11.7. The van der Waals surface area contributed by atoms with Crippen LogP contribution in [0.5, 0.6) is 0 Å². The molecule has 132 valence electrons. The van der Waals surface area contributed by atoms with Gasteiger partial charge in [-0.3, -0.25) is 4.79 Å². The molecule has 1 aromatic heterocycles. The number of carbonyl (C=O) groups excluding carboxylic acids is 1. The Morgan fingerprint density at radius 3 is 2.79 bits per heavy atom. The molecule has 0 aliphatic carbocycles. The van der Waals surface area contributed by atoms with Gasteiger partial charge in [0.2, 0.25) is 5.91 Å². The summed E-state index contributed by atoms with van der Waals surface area (Å²) in [7, 11) is 0. The maximum atomic E-state index is 12.8. The van der Waals surface area contributed by atoms with Crippen LogP contribution in [-0.4, -0.2) is 46.2 Å². The molecule has 0 radical (unpaired) electrons. The summed E-state index contributed by atoms with van der Waals surface area (Å²) >= 11 is 0. The lowest BCUT2D eigenvalue weighted by atomic mass is 9.91. The summed E-state index contributed by atoms with van der Waals surface area (Å²) in [6.07, 6.45) is 9.96. The Kier molecular flexibility index (Phi) is 4.61. The number of aryl methyl sites for hydroxylation is 1. The van der Waals surface area contributed by atoms with Crippen LogP contribution in [0, 0.1) is 5.92 Å². The van der Waals surface area contributed by atoms with Crippen molar-refractivity contribution < 1.29 is 9.53 Å². The van der Waals surface area contributed by atoms with Crippen LogP contribution < -0.4 is 0 Å². The van der Waals surface area contributed by atoms with Crippen molar-refractivity contribution in [3.8, 4) is 0 Å². The zero-order chi connectivity index (χ0) is 16.5. The molecule has 2 saturated heterocycles. The van der Waals surface area contributed by atoms with Crippen LogP contribution >= 0.6 is 0 Å². The number of likely N-dealkylation sites (tertiary alicyclic amines) is 1. The van der Waals surface area contributed by atoms with Gasteiger partial charge in [0.15, 0.2) is 0 Å². The van der Waals surface area contributed by atoms with Crippen LogP contribution in [0.25, 0.3) is 0 Å². The van der Waals surface area contributed by atoms with Gasteiger partial charge in [-0.1, -0.05) is 0 Å². The fraction of sp³-hybridized carbons (Fsp3) is 0.789.